The predicted molar refractivity (Wildman–Crippen MR) is 74.3 cm³/mol. The van der Waals surface area contributed by atoms with E-state index in [1.807, 2.05) is 19.1 Å². The van der Waals surface area contributed by atoms with E-state index in [4.69, 9.17) is 0 Å². The number of halogens is 2. The van der Waals surface area contributed by atoms with E-state index in [-0.39, 0.29) is 0 Å². The quantitative estimate of drug-likeness (QED) is 0.882. The minimum absolute atomic E-state index is 0.465. The van der Waals surface area contributed by atoms with Gasteiger partial charge in [0.15, 0.2) is 0 Å². The van der Waals surface area contributed by atoms with Crippen LogP contribution in [0.25, 0.3) is 0 Å². The Labute approximate surface area is 113 Å². The molecule has 0 aliphatic carbocycles. The maximum Gasteiger partial charge on any atom is 0.235 e. The molecule has 0 heterocycles. The number of anilines is 1. The molecule has 0 radical (unpaired) electrons. The number of sulfonamides is 1. The Bertz CT molecular complexity index is 475. The van der Waals surface area contributed by atoms with E-state index in [1.54, 1.807) is 13.8 Å². The van der Waals surface area contributed by atoms with Crippen LogP contribution in [-0.4, -0.2) is 13.7 Å². The SMILES string of the molecule is Cc1cc(Br)c(NS(=O)(=O)C(C)C)c(Br)c1. The molecule has 0 unspecified atom stereocenters. The molecule has 1 rings (SSSR count). The van der Waals surface area contributed by atoms with Crippen molar-refractivity contribution in [3.63, 3.8) is 0 Å². The van der Waals surface area contributed by atoms with E-state index >= 15 is 0 Å². The van der Waals surface area contributed by atoms with Crippen molar-refractivity contribution in [3.8, 4) is 0 Å². The number of hydrogen-bond donors (Lipinski definition) is 1. The first kappa shape index (κ1) is 14.0. The first-order valence-corrected chi connectivity index (χ1v) is 7.84. The normalized spacial score (nSPS) is 11.9. The van der Waals surface area contributed by atoms with Gasteiger partial charge >= 0.3 is 0 Å². The molecule has 0 saturated heterocycles. The highest BCUT2D eigenvalue weighted by molar-refractivity contribution is 9.11. The average molecular weight is 371 g/mol. The Morgan fingerprint density at radius 1 is 1.19 bits per heavy atom. The monoisotopic (exact) mass is 369 g/mol. The molecule has 0 amide bonds. The summed E-state index contributed by atoms with van der Waals surface area (Å²) in [5.74, 6) is 0. The topological polar surface area (TPSA) is 46.2 Å². The van der Waals surface area contributed by atoms with Gasteiger partial charge in [-0.05, 0) is 70.3 Å². The minimum atomic E-state index is -3.32. The fourth-order valence-corrected chi connectivity index (χ4v) is 3.67. The Hall–Kier alpha value is -0.0700. The summed E-state index contributed by atoms with van der Waals surface area (Å²) < 4.78 is 27.5. The van der Waals surface area contributed by atoms with E-state index in [9.17, 15) is 8.42 Å². The molecule has 16 heavy (non-hydrogen) atoms. The van der Waals surface area contributed by atoms with E-state index in [0.717, 1.165) is 14.5 Å². The van der Waals surface area contributed by atoms with Gasteiger partial charge in [-0.1, -0.05) is 0 Å². The highest BCUT2D eigenvalue weighted by Crippen LogP contribution is 2.33. The second kappa shape index (κ2) is 5.06. The molecule has 0 spiro atoms. The molecular formula is C10H13Br2NO2S. The molecule has 3 nitrogen and oxygen atoms in total. The lowest BCUT2D eigenvalue weighted by molar-refractivity contribution is 0.592. The summed E-state index contributed by atoms with van der Waals surface area (Å²) in [6.07, 6.45) is 0. The van der Waals surface area contributed by atoms with Crippen molar-refractivity contribution < 1.29 is 8.42 Å². The van der Waals surface area contributed by atoms with Crippen LogP contribution in [0.2, 0.25) is 0 Å². The largest absolute Gasteiger partial charge is 0.281 e. The lowest BCUT2D eigenvalue weighted by atomic mass is 10.2. The van der Waals surface area contributed by atoms with Crippen LogP contribution in [0.3, 0.4) is 0 Å². The third-order valence-corrected chi connectivity index (χ3v) is 5.03. The fraction of sp³-hybridized carbons (Fsp3) is 0.400. The van der Waals surface area contributed by atoms with Gasteiger partial charge in [-0.3, -0.25) is 4.72 Å². The molecule has 1 aromatic carbocycles. The zero-order valence-corrected chi connectivity index (χ0v) is 13.2. The molecule has 6 heteroatoms. The maximum absolute atomic E-state index is 11.7. The van der Waals surface area contributed by atoms with Gasteiger partial charge < -0.3 is 0 Å². The maximum atomic E-state index is 11.7. The highest BCUT2D eigenvalue weighted by Gasteiger charge is 2.18. The van der Waals surface area contributed by atoms with Crippen LogP contribution in [0.5, 0.6) is 0 Å². The molecule has 0 aliphatic rings. The summed E-state index contributed by atoms with van der Waals surface area (Å²) in [5, 5.41) is -0.465. The number of rotatable bonds is 3. The van der Waals surface area contributed by atoms with Crippen molar-refractivity contribution in [1.82, 2.24) is 0 Å². The number of benzene rings is 1. The fourth-order valence-electron chi connectivity index (χ4n) is 1.06. The molecule has 0 aliphatic heterocycles. The Kier molecular flexibility index (Phi) is 4.42. The van der Waals surface area contributed by atoms with Crippen molar-refractivity contribution in [2.75, 3.05) is 4.72 Å². The van der Waals surface area contributed by atoms with Crippen LogP contribution in [0, 0.1) is 6.92 Å². The van der Waals surface area contributed by atoms with Crippen LogP contribution in [-0.2, 0) is 10.0 Å². The van der Waals surface area contributed by atoms with Crippen LogP contribution >= 0.6 is 31.9 Å². The minimum Gasteiger partial charge on any atom is -0.281 e. The van der Waals surface area contributed by atoms with Gasteiger partial charge in [0.25, 0.3) is 0 Å². The molecule has 1 N–H and O–H groups in total. The first-order valence-electron chi connectivity index (χ1n) is 4.71. The van der Waals surface area contributed by atoms with Crippen molar-refractivity contribution in [2.24, 2.45) is 0 Å². The van der Waals surface area contributed by atoms with Gasteiger partial charge in [-0.25, -0.2) is 8.42 Å². The predicted octanol–water partition coefficient (Wildman–Crippen LogP) is 3.67. The molecule has 1 aromatic rings. The van der Waals surface area contributed by atoms with Crippen molar-refractivity contribution in [2.45, 2.75) is 26.0 Å². The standard InChI is InChI=1S/C10H13Br2NO2S/c1-6(2)16(14,15)13-10-8(11)4-7(3)5-9(10)12/h4-6,13H,1-3H3. The lowest BCUT2D eigenvalue weighted by Gasteiger charge is -2.14. The smallest absolute Gasteiger partial charge is 0.235 e. The number of hydrogen-bond acceptors (Lipinski definition) is 2. The molecule has 0 saturated carbocycles. The second-order valence-electron chi connectivity index (χ2n) is 3.80. The van der Waals surface area contributed by atoms with Crippen LogP contribution < -0.4 is 4.72 Å². The van der Waals surface area contributed by atoms with E-state index in [0.29, 0.717) is 5.69 Å². The van der Waals surface area contributed by atoms with Gasteiger partial charge in [0, 0.05) is 8.95 Å². The zero-order chi connectivity index (χ0) is 12.5. The number of nitrogens with one attached hydrogen (secondary N) is 1. The summed E-state index contributed by atoms with van der Waals surface area (Å²) in [5.41, 5.74) is 1.59. The molecule has 0 aromatic heterocycles. The van der Waals surface area contributed by atoms with Crippen molar-refractivity contribution in [1.29, 1.82) is 0 Å². The second-order valence-corrected chi connectivity index (χ2v) is 7.75. The van der Waals surface area contributed by atoms with Gasteiger partial charge in [-0.15, -0.1) is 0 Å². The van der Waals surface area contributed by atoms with Gasteiger partial charge in [0.1, 0.15) is 0 Å². The molecular weight excluding hydrogens is 358 g/mol. The number of aryl methyl sites for hydroxylation is 1. The lowest BCUT2D eigenvalue weighted by Crippen LogP contribution is -2.22. The summed E-state index contributed by atoms with van der Waals surface area (Å²) >= 11 is 6.69. The average Bonchev–Trinajstić information content (AvgIpc) is 2.11. The van der Waals surface area contributed by atoms with Crippen LogP contribution in [0.1, 0.15) is 19.4 Å². The first-order chi connectivity index (χ1) is 7.24. The van der Waals surface area contributed by atoms with Crippen molar-refractivity contribution in [3.05, 3.63) is 26.6 Å². The summed E-state index contributed by atoms with van der Waals surface area (Å²) in [4.78, 5) is 0. The summed E-state index contributed by atoms with van der Waals surface area (Å²) in [6, 6.07) is 3.73. The zero-order valence-electron chi connectivity index (χ0n) is 9.21. The van der Waals surface area contributed by atoms with Crippen molar-refractivity contribution >= 4 is 47.6 Å². The third kappa shape index (κ3) is 3.21. The summed E-state index contributed by atoms with van der Waals surface area (Å²) in [6.45, 7) is 5.22. The Balaban J connectivity index is 3.17. The third-order valence-electron chi connectivity index (χ3n) is 2.05. The van der Waals surface area contributed by atoms with Crippen LogP contribution in [0.15, 0.2) is 21.1 Å². The van der Waals surface area contributed by atoms with E-state index in [1.165, 1.54) is 0 Å². The Morgan fingerprint density at radius 2 is 1.62 bits per heavy atom. The van der Waals surface area contributed by atoms with E-state index < -0.39 is 15.3 Å². The molecule has 0 atom stereocenters. The molecule has 0 bridgehead atoms. The summed E-state index contributed by atoms with van der Waals surface area (Å²) in [7, 11) is -3.32. The Morgan fingerprint density at radius 3 is 2.00 bits per heavy atom. The highest BCUT2D eigenvalue weighted by atomic mass is 79.9. The van der Waals surface area contributed by atoms with Gasteiger partial charge in [-0.2, -0.15) is 0 Å². The molecule has 0 fully saturated rings. The van der Waals surface area contributed by atoms with E-state index in [2.05, 4.69) is 36.6 Å². The van der Waals surface area contributed by atoms with Gasteiger partial charge in [0.05, 0.1) is 10.9 Å². The molecule has 90 valence electrons. The van der Waals surface area contributed by atoms with Crippen LogP contribution in [0.4, 0.5) is 5.69 Å². The van der Waals surface area contributed by atoms with Gasteiger partial charge in [0.2, 0.25) is 10.0 Å².